The van der Waals surface area contributed by atoms with Gasteiger partial charge in [0, 0.05) is 19.3 Å². The van der Waals surface area contributed by atoms with Crippen LogP contribution in [0.15, 0.2) is 42.9 Å². The van der Waals surface area contributed by atoms with Crippen molar-refractivity contribution >= 4 is 11.8 Å². The third-order valence-electron chi connectivity index (χ3n) is 3.38. The van der Waals surface area contributed by atoms with Crippen LogP contribution < -0.4 is 4.90 Å². The Morgan fingerprint density at radius 1 is 1.32 bits per heavy atom. The molecular weight excluding hydrogens is 242 g/mol. The molecule has 0 fully saturated rings. The molecule has 1 aromatic heterocycles. The highest BCUT2D eigenvalue weighted by Gasteiger charge is 2.30. The van der Waals surface area contributed by atoms with Crippen molar-refractivity contribution in [3.63, 3.8) is 0 Å². The van der Waals surface area contributed by atoms with Crippen LogP contribution in [0.4, 0.5) is 5.82 Å². The minimum atomic E-state index is -0.800. The van der Waals surface area contributed by atoms with Gasteiger partial charge in [0.15, 0.2) is 0 Å². The summed E-state index contributed by atoms with van der Waals surface area (Å²) in [6, 6.07) is 9.48. The van der Waals surface area contributed by atoms with Gasteiger partial charge in [-0.05, 0) is 17.2 Å². The Kier molecular flexibility index (Phi) is 2.87. The standard InChI is InChI=1S/C14H13N3O2/c18-14(19)12-8-17(13-5-6-15-9-16-13)7-10-3-1-2-4-11(10)12/h1-6,9,12H,7-8H2,(H,18,19). The van der Waals surface area contributed by atoms with Crippen molar-refractivity contribution in [3.05, 3.63) is 54.0 Å². The molecule has 19 heavy (non-hydrogen) atoms. The van der Waals surface area contributed by atoms with Crippen LogP contribution in [0.3, 0.4) is 0 Å². The van der Waals surface area contributed by atoms with Gasteiger partial charge in [-0.1, -0.05) is 24.3 Å². The summed E-state index contributed by atoms with van der Waals surface area (Å²) in [5.41, 5.74) is 1.94. The van der Waals surface area contributed by atoms with E-state index < -0.39 is 11.9 Å². The zero-order chi connectivity index (χ0) is 13.2. The number of carboxylic acids is 1. The van der Waals surface area contributed by atoms with Gasteiger partial charge in [0.05, 0.1) is 5.92 Å². The van der Waals surface area contributed by atoms with Crippen molar-refractivity contribution in [1.82, 2.24) is 9.97 Å². The molecule has 0 spiro atoms. The maximum atomic E-state index is 11.4. The molecular formula is C14H13N3O2. The lowest BCUT2D eigenvalue weighted by atomic mass is 9.90. The number of hydrogen-bond donors (Lipinski definition) is 1. The molecule has 96 valence electrons. The molecule has 0 aliphatic carbocycles. The average molecular weight is 255 g/mol. The van der Waals surface area contributed by atoms with E-state index in [1.165, 1.54) is 6.33 Å². The molecule has 2 aromatic rings. The van der Waals surface area contributed by atoms with Crippen LogP contribution in [0.5, 0.6) is 0 Å². The molecule has 2 heterocycles. The first-order valence-corrected chi connectivity index (χ1v) is 6.07. The Morgan fingerprint density at radius 2 is 2.16 bits per heavy atom. The summed E-state index contributed by atoms with van der Waals surface area (Å²) in [5.74, 6) is -0.554. The van der Waals surface area contributed by atoms with E-state index in [1.54, 1.807) is 12.3 Å². The van der Waals surface area contributed by atoms with E-state index in [9.17, 15) is 9.90 Å². The molecule has 1 atom stereocenters. The molecule has 5 nitrogen and oxygen atoms in total. The molecule has 1 aliphatic heterocycles. The van der Waals surface area contributed by atoms with Gasteiger partial charge in [-0.2, -0.15) is 0 Å². The van der Waals surface area contributed by atoms with E-state index in [4.69, 9.17) is 0 Å². The predicted molar refractivity (Wildman–Crippen MR) is 69.9 cm³/mol. The van der Waals surface area contributed by atoms with Gasteiger partial charge >= 0.3 is 5.97 Å². The molecule has 0 bridgehead atoms. The van der Waals surface area contributed by atoms with Crippen LogP contribution in [0.25, 0.3) is 0 Å². The fourth-order valence-electron chi connectivity index (χ4n) is 2.46. The molecule has 0 saturated carbocycles. The Labute approximate surface area is 110 Å². The monoisotopic (exact) mass is 255 g/mol. The summed E-state index contributed by atoms with van der Waals surface area (Å²) in [4.78, 5) is 21.5. The SMILES string of the molecule is O=C(O)C1CN(c2ccncn2)Cc2ccccc21. The van der Waals surface area contributed by atoms with Gasteiger partial charge in [-0.25, -0.2) is 9.97 Å². The molecule has 1 N–H and O–H groups in total. The van der Waals surface area contributed by atoms with Crippen molar-refractivity contribution in [3.8, 4) is 0 Å². The van der Waals surface area contributed by atoms with Crippen molar-refractivity contribution in [2.75, 3.05) is 11.4 Å². The summed E-state index contributed by atoms with van der Waals surface area (Å²) in [5, 5.41) is 9.39. The number of carbonyl (C=O) groups is 1. The Hall–Kier alpha value is -2.43. The first kappa shape index (κ1) is 11.6. The van der Waals surface area contributed by atoms with E-state index in [0.29, 0.717) is 13.1 Å². The second-order valence-electron chi connectivity index (χ2n) is 4.54. The van der Waals surface area contributed by atoms with Crippen LogP contribution in [0.1, 0.15) is 17.0 Å². The maximum absolute atomic E-state index is 11.4. The lowest BCUT2D eigenvalue weighted by molar-refractivity contribution is -0.138. The highest BCUT2D eigenvalue weighted by atomic mass is 16.4. The fraction of sp³-hybridized carbons (Fsp3) is 0.214. The number of fused-ring (bicyclic) bond motifs is 1. The maximum Gasteiger partial charge on any atom is 0.312 e. The number of nitrogens with zero attached hydrogens (tertiary/aromatic N) is 3. The highest BCUT2D eigenvalue weighted by Crippen LogP contribution is 2.30. The second-order valence-corrected chi connectivity index (χ2v) is 4.54. The summed E-state index contributed by atoms with van der Waals surface area (Å²) in [6.45, 7) is 1.11. The number of carboxylic acid groups (broad SMARTS) is 1. The largest absolute Gasteiger partial charge is 0.481 e. The Morgan fingerprint density at radius 3 is 2.89 bits per heavy atom. The van der Waals surface area contributed by atoms with Crippen molar-refractivity contribution in [2.45, 2.75) is 12.5 Å². The summed E-state index contributed by atoms with van der Waals surface area (Å²) >= 11 is 0. The number of hydrogen-bond acceptors (Lipinski definition) is 4. The number of benzene rings is 1. The first-order valence-electron chi connectivity index (χ1n) is 6.07. The third kappa shape index (κ3) is 2.14. The highest BCUT2D eigenvalue weighted by molar-refractivity contribution is 5.78. The van der Waals surface area contributed by atoms with Crippen molar-refractivity contribution in [1.29, 1.82) is 0 Å². The lowest BCUT2D eigenvalue weighted by Gasteiger charge is -2.33. The topological polar surface area (TPSA) is 66.3 Å². The van der Waals surface area contributed by atoms with E-state index in [1.807, 2.05) is 29.2 Å². The molecule has 1 aromatic carbocycles. The van der Waals surface area contributed by atoms with E-state index >= 15 is 0 Å². The van der Waals surface area contributed by atoms with Gasteiger partial charge in [-0.3, -0.25) is 4.79 Å². The Bertz CT molecular complexity index is 601. The van der Waals surface area contributed by atoms with Crippen molar-refractivity contribution < 1.29 is 9.90 Å². The van der Waals surface area contributed by atoms with Gasteiger partial charge in [0.1, 0.15) is 12.1 Å². The van der Waals surface area contributed by atoms with Gasteiger partial charge in [-0.15, -0.1) is 0 Å². The van der Waals surface area contributed by atoms with Gasteiger partial charge < -0.3 is 10.0 Å². The molecule has 1 aliphatic rings. The fourth-order valence-corrected chi connectivity index (χ4v) is 2.46. The van der Waals surface area contributed by atoms with Crippen molar-refractivity contribution in [2.24, 2.45) is 0 Å². The summed E-state index contributed by atoms with van der Waals surface area (Å²) < 4.78 is 0. The number of anilines is 1. The first-order chi connectivity index (χ1) is 9.25. The molecule has 1 unspecified atom stereocenters. The number of aliphatic carboxylic acids is 1. The van der Waals surface area contributed by atoms with Crippen LogP contribution in [-0.2, 0) is 11.3 Å². The molecule has 0 saturated heterocycles. The van der Waals surface area contributed by atoms with Crippen LogP contribution in [-0.4, -0.2) is 27.6 Å². The quantitative estimate of drug-likeness (QED) is 0.884. The molecule has 0 amide bonds. The molecule has 0 radical (unpaired) electrons. The minimum Gasteiger partial charge on any atom is -0.481 e. The van der Waals surface area contributed by atoms with E-state index in [-0.39, 0.29) is 0 Å². The molecule has 5 heteroatoms. The summed E-state index contributed by atoms with van der Waals surface area (Å²) in [7, 11) is 0. The van der Waals surface area contributed by atoms with Crippen LogP contribution in [0.2, 0.25) is 0 Å². The third-order valence-corrected chi connectivity index (χ3v) is 3.38. The lowest BCUT2D eigenvalue weighted by Crippen LogP contribution is -2.37. The van der Waals surface area contributed by atoms with Crippen LogP contribution in [0, 0.1) is 0 Å². The van der Waals surface area contributed by atoms with Crippen LogP contribution >= 0.6 is 0 Å². The smallest absolute Gasteiger partial charge is 0.312 e. The van der Waals surface area contributed by atoms with E-state index in [0.717, 1.165) is 16.9 Å². The average Bonchev–Trinajstić information content (AvgIpc) is 2.47. The number of rotatable bonds is 2. The second kappa shape index (κ2) is 4.68. The zero-order valence-corrected chi connectivity index (χ0v) is 10.2. The number of aromatic nitrogens is 2. The van der Waals surface area contributed by atoms with Gasteiger partial charge in [0.2, 0.25) is 0 Å². The minimum absolute atomic E-state index is 0.434. The molecule has 3 rings (SSSR count). The predicted octanol–water partition coefficient (Wildman–Crippen LogP) is 1.66. The normalized spacial score (nSPS) is 17.9. The summed E-state index contributed by atoms with van der Waals surface area (Å²) in [6.07, 6.45) is 3.14. The zero-order valence-electron chi connectivity index (χ0n) is 10.2. The van der Waals surface area contributed by atoms with E-state index in [2.05, 4.69) is 9.97 Å². The van der Waals surface area contributed by atoms with Gasteiger partial charge in [0.25, 0.3) is 0 Å². The Balaban J connectivity index is 1.99.